The van der Waals surface area contributed by atoms with E-state index in [1.807, 2.05) is 41.7 Å². The maximum Gasteiger partial charge on any atom is 0.140 e. The van der Waals surface area contributed by atoms with Crippen molar-refractivity contribution in [2.75, 3.05) is 25.1 Å². The third-order valence-electron chi connectivity index (χ3n) is 4.78. The predicted molar refractivity (Wildman–Crippen MR) is 104 cm³/mol. The number of benzene rings is 1. The van der Waals surface area contributed by atoms with Gasteiger partial charge in [-0.3, -0.25) is 0 Å². The summed E-state index contributed by atoms with van der Waals surface area (Å²) in [4.78, 5) is 14.0. The first-order valence-corrected chi connectivity index (χ1v) is 9.79. The van der Waals surface area contributed by atoms with Crippen molar-refractivity contribution in [1.82, 2.24) is 9.97 Å². The molecule has 0 bridgehead atoms. The number of aryl methyl sites for hydroxylation is 2. The summed E-state index contributed by atoms with van der Waals surface area (Å²) in [6, 6.07) is 9.96. The summed E-state index contributed by atoms with van der Waals surface area (Å²) >= 11 is 1.86. The van der Waals surface area contributed by atoms with Crippen molar-refractivity contribution in [3.8, 4) is 5.75 Å². The lowest BCUT2D eigenvalue weighted by molar-refractivity contribution is 0.326. The van der Waals surface area contributed by atoms with Gasteiger partial charge in [-0.25, -0.2) is 9.97 Å². The van der Waals surface area contributed by atoms with Crippen molar-refractivity contribution in [2.24, 2.45) is 0 Å². The van der Waals surface area contributed by atoms with Crippen LogP contribution in [0.2, 0.25) is 0 Å². The lowest BCUT2D eigenvalue weighted by Gasteiger charge is -2.19. The number of nitrogens with zero attached hydrogens (tertiary/aromatic N) is 3. The molecule has 0 atom stereocenters. The maximum absolute atomic E-state index is 5.84. The van der Waals surface area contributed by atoms with Gasteiger partial charge in [-0.2, -0.15) is 0 Å². The van der Waals surface area contributed by atoms with Crippen LogP contribution in [-0.2, 0) is 12.8 Å². The van der Waals surface area contributed by atoms with Crippen molar-refractivity contribution in [3.05, 3.63) is 47.1 Å². The number of anilines is 1. The van der Waals surface area contributed by atoms with Crippen LogP contribution in [-0.4, -0.2) is 30.2 Å². The second-order valence-electron chi connectivity index (χ2n) is 6.52. The van der Waals surface area contributed by atoms with Crippen LogP contribution in [0.1, 0.15) is 29.7 Å². The molecule has 0 aliphatic heterocycles. The Balaban J connectivity index is 1.54. The van der Waals surface area contributed by atoms with Gasteiger partial charge in [-0.15, -0.1) is 11.3 Å². The minimum absolute atomic E-state index is 0.637. The van der Waals surface area contributed by atoms with E-state index in [-0.39, 0.29) is 0 Å². The monoisotopic (exact) mass is 353 g/mol. The van der Waals surface area contributed by atoms with Gasteiger partial charge in [0.05, 0.1) is 11.9 Å². The van der Waals surface area contributed by atoms with Crippen LogP contribution in [0.15, 0.2) is 36.7 Å². The summed E-state index contributed by atoms with van der Waals surface area (Å²) < 4.78 is 5.84. The van der Waals surface area contributed by atoms with Crippen molar-refractivity contribution in [3.63, 3.8) is 0 Å². The summed E-state index contributed by atoms with van der Waals surface area (Å²) in [6.07, 6.45) is 7.94. The van der Waals surface area contributed by atoms with E-state index in [1.165, 1.54) is 41.5 Å². The van der Waals surface area contributed by atoms with E-state index in [0.29, 0.717) is 6.61 Å². The van der Waals surface area contributed by atoms with E-state index in [4.69, 9.17) is 4.74 Å². The molecule has 0 unspecified atom stereocenters. The van der Waals surface area contributed by atoms with Crippen molar-refractivity contribution < 1.29 is 4.74 Å². The normalized spacial score (nSPS) is 14.1. The molecule has 2 aromatic heterocycles. The van der Waals surface area contributed by atoms with Crippen LogP contribution in [0.5, 0.6) is 5.75 Å². The molecule has 4 rings (SSSR count). The van der Waals surface area contributed by atoms with Gasteiger partial charge in [0.1, 0.15) is 29.3 Å². The van der Waals surface area contributed by atoms with Crippen LogP contribution in [0.25, 0.3) is 10.2 Å². The quantitative estimate of drug-likeness (QED) is 0.634. The van der Waals surface area contributed by atoms with E-state index in [9.17, 15) is 0 Å². The Morgan fingerprint density at radius 1 is 1.08 bits per heavy atom. The number of rotatable bonds is 5. The average molecular weight is 353 g/mol. The fourth-order valence-electron chi connectivity index (χ4n) is 3.46. The zero-order valence-electron chi connectivity index (χ0n) is 14.6. The number of ether oxygens (including phenoxy) is 1. The molecule has 1 aliphatic rings. The summed E-state index contributed by atoms with van der Waals surface area (Å²) in [5.41, 5.74) is 1.49. The molecule has 1 aliphatic carbocycles. The Hall–Kier alpha value is -2.14. The van der Waals surface area contributed by atoms with Crippen molar-refractivity contribution >= 4 is 27.4 Å². The number of hydrogen-bond acceptors (Lipinski definition) is 5. The van der Waals surface area contributed by atoms with Crippen molar-refractivity contribution in [2.45, 2.75) is 32.1 Å². The molecular weight excluding hydrogens is 330 g/mol. The standard InChI is InChI=1S/C20H23N3OS/c1-23(12-13-24-15-8-4-2-5-9-15)19-18-16-10-6-3-7-11-17(16)25-20(18)22-14-21-19/h2,4-5,8-9,14H,3,6-7,10-13H2,1H3. The third kappa shape index (κ3) is 3.47. The van der Waals surface area contributed by atoms with Gasteiger partial charge in [0.25, 0.3) is 0 Å². The number of thiophene rings is 1. The second-order valence-corrected chi connectivity index (χ2v) is 7.61. The van der Waals surface area contributed by atoms with Gasteiger partial charge in [0.2, 0.25) is 0 Å². The van der Waals surface area contributed by atoms with Gasteiger partial charge >= 0.3 is 0 Å². The molecule has 3 aromatic rings. The number of hydrogen-bond donors (Lipinski definition) is 0. The third-order valence-corrected chi connectivity index (χ3v) is 5.98. The Labute approximate surface area is 152 Å². The Kier molecular flexibility index (Phi) is 4.83. The van der Waals surface area contributed by atoms with Crippen LogP contribution in [0.3, 0.4) is 0 Å². The number of likely N-dealkylation sites (N-methyl/N-ethyl adjacent to an activating group) is 1. The smallest absolute Gasteiger partial charge is 0.140 e. The topological polar surface area (TPSA) is 38.2 Å². The first-order valence-electron chi connectivity index (χ1n) is 8.97. The molecule has 0 N–H and O–H groups in total. The summed E-state index contributed by atoms with van der Waals surface area (Å²) in [6.45, 7) is 1.43. The minimum atomic E-state index is 0.637. The first-order chi connectivity index (χ1) is 12.3. The van der Waals surface area contributed by atoms with Gasteiger partial charge in [-0.05, 0) is 43.4 Å². The molecular formula is C20H23N3OS. The minimum Gasteiger partial charge on any atom is -0.492 e. The molecule has 0 radical (unpaired) electrons. The Bertz CT molecular complexity index is 847. The molecule has 0 saturated heterocycles. The van der Waals surface area contributed by atoms with Crippen molar-refractivity contribution in [1.29, 1.82) is 0 Å². The molecule has 4 nitrogen and oxygen atoms in total. The van der Waals surface area contributed by atoms with Crippen LogP contribution in [0.4, 0.5) is 5.82 Å². The van der Waals surface area contributed by atoms with Crippen LogP contribution < -0.4 is 9.64 Å². The van der Waals surface area contributed by atoms with Crippen LogP contribution in [0, 0.1) is 0 Å². The molecule has 0 amide bonds. The molecule has 25 heavy (non-hydrogen) atoms. The van der Waals surface area contributed by atoms with Gasteiger partial charge in [0.15, 0.2) is 0 Å². The van der Waals surface area contributed by atoms with E-state index in [2.05, 4.69) is 21.9 Å². The Morgan fingerprint density at radius 3 is 2.80 bits per heavy atom. The summed E-state index contributed by atoms with van der Waals surface area (Å²) in [7, 11) is 2.09. The van der Waals surface area contributed by atoms with Gasteiger partial charge in [0, 0.05) is 11.9 Å². The van der Waals surface area contributed by atoms with Crippen LogP contribution >= 0.6 is 11.3 Å². The highest BCUT2D eigenvalue weighted by Crippen LogP contribution is 2.38. The van der Waals surface area contributed by atoms with E-state index < -0.39 is 0 Å². The molecule has 0 saturated carbocycles. The molecule has 0 fully saturated rings. The number of fused-ring (bicyclic) bond motifs is 3. The fraction of sp³-hybridized carbons (Fsp3) is 0.400. The number of para-hydroxylation sites is 1. The average Bonchev–Trinajstić information content (AvgIpc) is 2.84. The summed E-state index contributed by atoms with van der Waals surface area (Å²) in [5.74, 6) is 1.95. The molecule has 130 valence electrons. The molecule has 5 heteroatoms. The highest BCUT2D eigenvalue weighted by molar-refractivity contribution is 7.18. The largest absolute Gasteiger partial charge is 0.492 e. The molecule has 1 aromatic carbocycles. The van der Waals surface area contributed by atoms with E-state index in [0.717, 1.165) is 29.4 Å². The maximum atomic E-state index is 5.84. The lowest BCUT2D eigenvalue weighted by atomic mass is 10.1. The predicted octanol–water partition coefficient (Wildman–Crippen LogP) is 4.48. The lowest BCUT2D eigenvalue weighted by Crippen LogP contribution is -2.25. The molecule has 2 heterocycles. The van der Waals surface area contributed by atoms with E-state index >= 15 is 0 Å². The zero-order valence-corrected chi connectivity index (χ0v) is 15.4. The summed E-state index contributed by atoms with van der Waals surface area (Å²) in [5, 5.41) is 1.27. The SMILES string of the molecule is CN(CCOc1ccccc1)c1ncnc2sc3c(c12)CCCCC3. The number of aromatic nitrogens is 2. The second kappa shape index (κ2) is 7.40. The van der Waals surface area contributed by atoms with E-state index in [1.54, 1.807) is 6.33 Å². The van der Waals surface area contributed by atoms with Gasteiger partial charge in [-0.1, -0.05) is 24.6 Å². The highest BCUT2D eigenvalue weighted by atomic mass is 32.1. The van der Waals surface area contributed by atoms with Gasteiger partial charge < -0.3 is 9.64 Å². The highest BCUT2D eigenvalue weighted by Gasteiger charge is 2.20. The Morgan fingerprint density at radius 2 is 1.92 bits per heavy atom. The first kappa shape index (κ1) is 16.3. The fourth-order valence-corrected chi connectivity index (χ4v) is 4.69. The zero-order chi connectivity index (χ0) is 17.1. The molecule has 0 spiro atoms.